The summed E-state index contributed by atoms with van der Waals surface area (Å²) in [6.45, 7) is 3.93. The van der Waals surface area contributed by atoms with Crippen LogP contribution in [0, 0.1) is 6.92 Å². The summed E-state index contributed by atoms with van der Waals surface area (Å²) in [4.78, 5) is 2.93. The molecule has 2 aromatic carbocycles. The average Bonchev–Trinajstić information content (AvgIpc) is 3.24. The summed E-state index contributed by atoms with van der Waals surface area (Å²) in [5.41, 5.74) is 3.72. The normalized spacial score (nSPS) is 22.6. The summed E-state index contributed by atoms with van der Waals surface area (Å²) in [6, 6.07) is 18.3. The zero-order valence-electron chi connectivity index (χ0n) is 17.7. The van der Waals surface area contributed by atoms with E-state index in [0.717, 1.165) is 44.3 Å². The van der Waals surface area contributed by atoms with E-state index in [9.17, 15) is 8.42 Å². The molecule has 6 heteroatoms. The molecular weight excluding hydrogens is 416 g/mol. The topological polar surface area (TPSA) is 40.6 Å². The molecule has 2 atom stereocenters. The van der Waals surface area contributed by atoms with Crippen LogP contribution >= 0.6 is 12.4 Å². The van der Waals surface area contributed by atoms with E-state index in [4.69, 9.17) is 0 Å². The smallest absolute Gasteiger partial charge is 0.243 e. The van der Waals surface area contributed by atoms with Crippen molar-refractivity contribution in [2.75, 3.05) is 20.1 Å². The van der Waals surface area contributed by atoms with Crippen molar-refractivity contribution in [3.05, 3.63) is 71.8 Å². The van der Waals surface area contributed by atoms with Crippen LogP contribution in [0.4, 0.5) is 0 Å². The van der Waals surface area contributed by atoms with E-state index in [1.165, 1.54) is 11.1 Å². The van der Waals surface area contributed by atoms with Crippen LogP contribution in [0.25, 0.3) is 5.57 Å². The molecule has 0 radical (unpaired) electrons. The Kier molecular flexibility index (Phi) is 7.40. The summed E-state index contributed by atoms with van der Waals surface area (Å²) >= 11 is 0. The second-order valence-corrected chi connectivity index (χ2v) is 10.3. The van der Waals surface area contributed by atoms with Gasteiger partial charge in [0.15, 0.2) is 0 Å². The Morgan fingerprint density at radius 2 is 1.80 bits per heavy atom. The summed E-state index contributed by atoms with van der Waals surface area (Å²) in [6.07, 6.45) is 6.31. The van der Waals surface area contributed by atoms with Crippen LogP contribution in [-0.2, 0) is 10.0 Å². The van der Waals surface area contributed by atoms with Gasteiger partial charge in [0.2, 0.25) is 10.0 Å². The highest BCUT2D eigenvalue weighted by Crippen LogP contribution is 2.33. The van der Waals surface area contributed by atoms with Gasteiger partial charge in [-0.2, -0.15) is 4.31 Å². The molecule has 4 rings (SSSR count). The van der Waals surface area contributed by atoms with Crippen molar-refractivity contribution in [1.29, 1.82) is 0 Å². The maximum Gasteiger partial charge on any atom is 0.243 e. The molecule has 0 spiro atoms. The minimum Gasteiger partial charge on any atom is -0.296 e. The molecule has 0 aromatic heterocycles. The quantitative estimate of drug-likeness (QED) is 0.665. The number of halogens is 1. The van der Waals surface area contributed by atoms with Gasteiger partial charge >= 0.3 is 0 Å². The van der Waals surface area contributed by atoms with E-state index in [2.05, 4.69) is 41.3 Å². The van der Waals surface area contributed by atoms with Crippen LogP contribution in [-0.4, -0.2) is 49.8 Å². The van der Waals surface area contributed by atoms with Crippen LogP contribution in [0.1, 0.15) is 36.8 Å². The maximum atomic E-state index is 13.1. The number of nitrogens with zero attached hydrogens (tertiary/aromatic N) is 2. The van der Waals surface area contributed by atoms with E-state index < -0.39 is 10.0 Å². The molecule has 30 heavy (non-hydrogen) atoms. The Hall–Kier alpha value is -1.66. The van der Waals surface area contributed by atoms with E-state index in [0.29, 0.717) is 10.9 Å². The summed E-state index contributed by atoms with van der Waals surface area (Å²) < 4.78 is 27.7. The molecule has 1 aliphatic carbocycles. The van der Waals surface area contributed by atoms with E-state index in [1.54, 1.807) is 23.5 Å². The Balaban J connectivity index is 0.00000256. The van der Waals surface area contributed by atoms with Crippen molar-refractivity contribution < 1.29 is 8.42 Å². The van der Waals surface area contributed by atoms with Crippen LogP contribution in [0.5, 0.6) is 0 Å². The Bertz CT molecular complexity index is 991. The van der Waals surface area contributed by atoms with Gasteiger partial charge in [0, 0.05) is 32.2 Å². The fourth-order valence-electron chi connectivity index (χ4n) is 4.67. The molecule has 1 heterocycles. The lowest BCUT2D eigenvalue weighted by atomic mass is 9.98. The lowest BCUT2D eigenvalue weighted by Crippen LogP contribution is -2.40. The zero-order chi connectivity index (χ0) is 20.4. The molecule has 2 aromatic rings. The van der Waals surface area contributed by atoms with Crippen LogP contribution in [0.2, 0.25) is 0 Å². The first kappa shape index (κ1) is 23.0. The molecule has 1 aliphatic heterocycles. The Morgan fingerprint density at radius 1 is 1.03 bits per heavy atom. The summed E-state index contributed by atoms with van der Waals surface area (Å²) in [5.74, 6) is 0. The van der Waals surface area contributed by atoms with Crippen molar-refractivity contribution in [3.8, 4) is 0 Å². The first-order valence-electron chi connectivity index (χ1n) is 10.5. The van der Waals surface area contributed by atoms with Crippen molar-refractivity contribution in [3.63, 3.8) is 0 Å². The van der Waals surface area contributed by atoms with E-state index in [1.807, 2.05) is 19.1 Å². The third kappa shape index (κ3) is 4.80. The van der Waals surface area contributed by atoms with Gasteiger partial charge in [-0.25, -0.2) is 8.42 Å². The lowest BCUT2D eigenvalue weighted by Gasteiger charge is -2.32. The average molecular weight is 447 g/mol. The molecule has 4 nitrogen and oxygen atoms in total. The van der Waals surface area contributed by atoms with Crippen LogP contribution in [0.3, 0.4) is 0 Å². The fourth-order valence-corrected chi connectivity index (χ4v) is 6.17. The summed E-state index contributed by atoms with van der Waals surface area (Å²) in [7, 11) is -1.70. The van der Waals surface area contributed by atoms with Gasteiger partial charge in [-0.05, 0) is 61.4 Å². The number of benzene rings is 2. The van der Waals surface area contributed by atoms with Gasteiger partial charge in [-0.15, -0.1) is 12.4 Å². The largest absolute Gasteiger partial charge is 0.296 e. The van der Waals surface area contributed by atoms with Gasteiger partial charge in [0.25, 0.3) is 0 Å². The second-order valence-electron chi connectivity index (χ2n) is 8.30. The molecule has 0 saturated heterocycles. The van der Waals surface area contributed by atoms with E-state index in [-0.39, 0.29) is 18.4 Å². The molecule has 1 fully saturated rings. The Labute approximate surface area is 187 Å². The van der Waals surface area contributed by atoms with Crippen molar-refractivity contribution in [2.45, 2.75) is 49.6 Å². The van der Waals surface area contributed by atoms with Crippen molar-refractivity contribution >= 4 is 28.0 Å². The third-order valence-electron chi connectivity index (χ3n) is 6.46. The van der Waals surface area contributed by atoms with Crippen LogP contribution < -0.4 is 0 Å². The number of rotatable bonds is 5. The molecule has 2 aliphatic rings. The second kappa shape index (κ2) is 9.65. The lowest BCUT2D eigenvalue weighted by molar-refractivity contribution is 0.211. The van der Waals surface area contributed by atoms with Gasteiger partial charge in [0.05, 0.1) is 4.90 Å². The predicted molar refractivity (Wildman–Crippen MR) is 125 cm³/mol. The number of hydrogen-bond acceptors (Lipinski definition) is 3. The molecule has 162 valence electrons. The van der Waals surface area contributed by atoms with Crippen LogP contribution in [0.15, 0.2) is 65.6 Å². The SMILES string of the molecule is Cc1cccc(S(=O)(=O)N(C)[C@H]2CC[C@@H](N3CC=C(c4ccccc4)CC3)C2)c1.Cl. The molecule has 1 saturated carbocycles. The maximum absolute atomic E-state index is 13.1. The highest BCUT2D eigenvalue weighted by Gasteiger charge is 2.36. The van der Waals surface area contributed by atoms with Gasteiger partial charge in [-0.1, -0.05) is 48.5 Å². The number of hydrogen-bond donors (Lipinski definition) is 0. The fraction of sp³-hybridized carbons (Fsp3) is 0.417. The zero-order valence-corrected chi connectivity index (χ0v) is 19.3. The predicted octanol–water partition coefficient (Wildman–Crippen LogP) is 4.75. The van der Waals surface area contributed by atoms with E-state index >= 15 is 0 Å². The first-order chi connectivity index (χ1) is 13.9. The van der Waals surface area contributed by atoms with Gasteiger partial charge < -0.3 is 0 Å². The third-order valence-corrected chi connectivity index (χ3v) is 8.37. The molecule has 0 amide bonds. The Morgan fingerprint density at radius 3 is 2.47 bits per heavy atom. The number of sulfonamides is 1. The highest BCUT2D eigenvalue weighted by molar-refractivity contribution is 7.89. The monoisotopic (exact) mass is 446 g/mol. The van der Waals surface area contributed by atoms with Crippen molar-refractivity contribution in [2.24, 2.45) is 0 Å². The first-order valence-corrected chi connectivity index (χ1v) is 11.9. The standard InChI is InChI=1S/C24H30N2O2S.ClH/c1-19-7-6-10-24(17-19)29(27,28)25(2)22-11-12-23(18-22)26-15-13-21(14-16-26)20-8-4-3-5-9-20;/h3-10,13,17,22-23H,11-12,14-16,18H2,1-2H3;1H/t22-,23+;/m0./s1. The minimum atomic E-state index is -3.44. The highest BCUT2D eigenvalue weighted by atomic mass is 35.5. The summed E-state index contributed by atoms with van der Waals surface area (Å²) in [5, 5.41) is 0. The molecular formula is C24H31ClN2O2S. The molecule has 0 unspecified atom stereocenters. The number of aryl methyl sites for hydroxylation is 1. The minimum absolute atomic E-state index is 0. The molecule has 0 N–H and O–H groups in total. The van der Waals surface area contributed by atoms with Gasteiger partial charge in [-0.3, -0.25) is 4.90 Å². The van der Waals surface area contributed by atoms with Crippen molar-refractivity contribution in [1.82, 2.24) is 9.21 Å². The van der Waals surface area contributed by atoms with Gasteiger partial charge in [0.1, 0.15) is 0 Å². The molecule has 0 bridgehead atoms.